The lowest BCUT2D eigenvalue weighted by atomic mass is 10.1. The molecule has 5 nitrogen and oxygen atoms in total. The molecule has 0 fully saturated rings. The predicted octanol–water partition coefficient (Wildman–Crippen LogP) is 3.62. The van der Waals surface area contributed by atoms with Gasteiger partial charge in [-0.05, 0) is 30.7 Å². The maximum absolute atomic E-state index is 12.2. The van der Waals surface area contributed by atoms with Gasteiger partial charge >= 0.3 is 0 Å². The van der Waals surface area contributed by atoms with Crippen LogP contribution in [0.1, 0.15) is 18.5 Å². The normalized spacial score (nSPS) is 12.1. The highest BCUT2D eigenvalue weighted by molar-refractivity contribution is 6.33. The number of nitrogens with one attached hydrogen (secondary N) is 2. The van der Waals surface area contributed by atoms with Crippen molar-refractivity contribution in [2.75, 3.05) is 11.1 Å². The van der Waals surface area contributed by atoms with Crippen molar-refractivity contribution in [2.45, 2.75) is 13.0 Å². The lowest BCUT2D eigenvalue weighted by Crippen LogP contribution is -2.28. The highest BCUT2D eigenvalue weighted by Gasteiger charge is 2.13. The zero-order chi connectivity index (χ0) is 17.5. The van der Waals surface area contributed by atoms with Gasteiger partial charge in [-0.3, -0.25) is 4.79 Å². The van der Waals surface area contributed by atoms with Crippen LogP contribution in [0.15, 0.2) is 60.3 Å². The SMILES string of the molecule is CC(NC(=O)/C(C#N)=C\Nc1ccc(N)cc1Cl)c1ccccc1. The summed E-state index contributed by atoms with van der Waals surface area (Å²) in [6.45, 7) is 1.85. The molecule has 0 aromatic heterocycles. The molecule has 6 heteroatoms. The molecule has 2 rings (SSSR count). The standard InChI is InChI=1S/C18H17ClN4O/c1-12(13-5-3-2-4-6-13)23-18(24)14(10-20)11-22-17-8-7-15(21)9-16(17)19/h2-9,11-12,22H,21H2,1H3,(H,23,24)/b14-11-. The minimum absolute atomic E-state index is 0.0503. The fourth-order valence-corrected chi connectivity index (χ4v) is 2.29. The number of carbonyl (C=O) groups excluding carboxylic acids is 1. The van der Waals surface area contributed by atoms with E-state index in [1.54, 1.807) is 18.2 Å². The summed E-state index contributed by atoms with van der Waals surface area (Å²) >= 11 is 6.04. The summed E-state index contributed by atoms with van der Waals surface area (Å²) in [6, 6.07) is 16.1. The van der Waals surface area contributed by atoms with E-state index in [4.69, 9.17) is 17.3 Å². The molecule has 0 aliphatic rings. The Morgan fingerprint density at radius 2 is 2.00 bits per heavy atom. The van der Waals surface area contributed by atoms with Crippen molar-refractivity contribution in [2.24, 2.45) is 0 Å². The number of halogens is 1. The minimum atomic E-state index is -0.465. The lowest BCUT2D eigenvalue weighted by Gasteiger charge is -2.14. The van der Waals surface area contributed by atoms with E-state index in [1.807, 2.05) is 43.3 Å². The van der Waals surface area contributed by atoms with Gasteiger partial charge in [0.1, 0.15) is 11.6 Å². The Morgan fingerprint density at radius 1 is 1.29 bits per heavy atom. The molecule has 122 valence electrons. The second-order valence-corrected chi connectivity index (χ2v) is 5.57. The first-order valence-corrected chi connectivity index (χ1v) is 7.66. The average Bonchev–Trinajstić information content (AvgIpc) is 2.57. The number of benzene rings is 2. The number of anilines is 2. The smallest absolute Gasteiger partial charge is 0.263 e. The molecular weight excluding hydrogens is 324 g/mol. The number of nitriles is 1. The minimum Gasteiger partial charge on any atom is -0.399 e. The van der Waals surface area contributed by atoms with Gasteiger partial charge in [-0.1, -0.05) is 41.9 Å². The third kappa shape index (κ3) is 4.51. The number of nitrogens with zero attached hydrogens (tertiary/aromatic N) is 1. The Hall–Kier alpha value is -2.97. The van der Waals surface area contributed by atoms with E-state index in [0.29, 0.717) is 16.4 Å². The van der Waals surface area contributed by atoms with Gasteiger partial charge in [-0.2, -0.15) is 5.26 Å². The molecule has 0 saturated heterocycles. The molecule has 0 saturated carbocycles. The van der Waals surface area contributed by atoms with Gasteiger partial charge in [0, 0.05) is 11.9 Å². The highest BCUT2D eigenvalue weighted by Crippen LogP contribution is 2.24. The largest absolute Gasteiger partial charge is 0.399 e. The van der Waals surface area contributed by atoms with Crippen LogP contribution in [0.2, 0.25) is 5.02 Å². The van der Waals surface area contributed by atoms with Crippen molar-refractivity contribution in [1.82, 2.24) is 5.32 Å². The quantitative estimate of drug-likeness (QED) is 0.440. The number of carbonyl (C=O) groups is 1. The number of rotatable bonds is 5. The van der Waals surface area contributed by atoms with Crippen molar-refractivity contribution in [1.29, 1.82) is 5.26 Å². The van der Waals surface area contributed by atoms with E-state index in [0.717, 1.165) is 5.56 Å². The van der Waals surface area contributed by atoms with Gasteiger partial charge < -0.3 is 16.4 Å². The summed E-state index contributed by atoms with van der Waals surface area (Å²) in [5.74, 6) is -0.465. The molecule has 0 radical (unpaired) electrons. The third-order valence-corrected chi connectivity index (χ3v) is 3.69. The number of nitrogen functional groups attached to an aromatic ring is 1. The van der Waals surface area contributed by atoms with Gasteiger partial charge in [0.05, 0.1) is 16.8 Å². The molecule has 0 spiro atoms. The maximum Gasteiger partial charge on any atom is 0.263 e. The first-order chi connectivity index (χ1) is 11.5. The summed E-state index contributed by atoms with van der Waals surface area (Å²) in [6.07, 6.45) is 1.32. The van der Waals surface area contributed by atoms with Gasteiger partial charge in [0.2, 0.25) is 0 Å². The highest BCUT2D eigenvalue weighted by atomic mass is 35.5. The molecule has 24 heavy (non-hydrogen) atoms. The van der Waals surface area contributed by atoms with Crippen LogP contribution in [0.3, 0.4) is 0 Å². The van der Waals surface area contributed by atoms with Gasteiger partial charge in [-0.15, -0.1) is 0 Å². The Bertz CT molecular complexity index is 796. The van der Waals surface area contributed by atoms with E-state index < -0.39 is 5.91 Å². The van der Waals surface area contributed by atoms with Crippen LogP contribution in [-0.2, 0) is 4.79 Å². The average molecular weight is 341 g/mol. The topological polar surface area (TPSA) is 90.9 Å². The van der Waals surface area contributed by atoms with E-state index in [9.17, 15) is 10.1 Å². The summed E-state index contributed by atoms with van der Waals surface area (Å²) in [7, 11) is 0. The lowest BCUT2D eigenvalue weighted by molar-refractivity contribution is -0.117. The van der Waals surface area contributed by atoms with Crippen molar-refractivity contribution < 1.29 is 4.79 Å². The van der Waals surface area contributed by atoms with Crippen LogP contribution in [0.5, 0.6) is 0 Å². The van der Waals surface area contributed by atoms with Gasteiger partial charge in [-0.25, -0.2) is 0 Å². The maximum atomic E-state index is 12.2. The summed E-state index contributed by atoms with van der Waals surface area (Å²) in [5, 5.41) is 15.2. The van der Waals surface area contributed by atoms with E-state index in [1.165, 1.54) is 6.20 Å². The Kier molecular flexibility index (Phi) is 5.83. The second-order valence-electron chi connectivity index (χ2n) is 5.16. The monoisotopic (exact) mass is 340 g/mol. The molecular formula is C18H17ClN4O. The molecule has 1 amide bonds. The Balaban J connectivity index is 2.07. The molecule has 0 aliphatic heterocycles. The fourth-order valence-electron chi connectivity index (χ4n) is 2.05. The van der Waals surface area contributed by atoms with Crippen LogP contribution in [0.4, 0.5) is 11.4 Å². The zero-order valence-electron chi connectivity index (χ0n) is 13.1. The van der Waals surface area contributed by atoms with E-state index in [-0.39, 0.29) is 11.6 Å². The molecule has 1 unspecified atom stereocenters. The number of nitrogens with two attached hydrogens (primary N) is 1. The first-order valence-electron chi connectivity index (χ1n) is 7.29. The number of hydrogen-bond donors (Lipinski definition) is 3. The van der Waals surface area contributed by atoms with Gasteiger partial charge in [0.15, 0.2) is 0 Å². The molecule has 2 aromatic carbocycles. The molecule has 0 bridgehead atoms. The summed E-state index contributed by atoms with van der Waals surface area (Å²) in [4.78, 5) is 12.2. The van der Waals surface area contributed by atoms with Crippen molar-refractivity contribution >= 4 is 28.9 Å². The van der Waals surface area contributed by atoms with Crippen LogP contribution < -0.4 is 16.4 Å². The van der Waals surface area contributed by atoms with Crippen molar-refractivity contribution in [3.63, 3.8) is 0 Å². The molecule has 2 aromatic rings. The molecule has 0 aliphatic carbocycles. The van der Waals surface area contributed by atoms with Crippen LogP contribution >= 0.6 is 11.6 Å². The van der Waals surface area contributed by atoms with Crippen molar-refractivity contribution in [3.8, 4) is 6.07 Å². The fraction of sp³-hybridized carbons (Fsp3) is 0.111. The molecule has 1 atom stereocenters. The molecule has 0 heterocycles. The second kappa shape index (κ2) is 8.04. The van der Waals surface area contributed by atoms with Crippen LogP contribution in [0.25, 0.3) is 0 Å². The Morgan fingerprint density at radius 3 is 2.62 bits per heavy atom. The molecule has 4 N–H and O–H groups in total. The first kappa shape index (κ1) is 17.4. The number of amides is 1. The summed E-state index contributed by atoms with van der Waals surface area (Å²) in [5.41, 5.74) is 7.62. The third-order valence-electron chi connectivity index (χ3n) is 3.38. The predicted molar refractivity (Wildman–Crippen MR) is 96.2 cm³/mol. The summed E-state index contributed by atoms with van der Waals surface area (Å²) < 4.78 is 0. The van der Waals surface area contributed by atoms with Gasteiger partial charge in [0.25, 0.3) is 5.91 Å². The number of hydrogen-bond acceptors (Lipinski definition) is 4. The van der Waals surface area contributed by atoms with E-state index in [2.05, 4.69) is 10.6 Å². The van der Waals surface area contributed by atoms with Crippen LogP contribution in [0, 0.1) is 11.3 Å². The van der Waals surface area contributed by atoms with Crippen LogP contribution in [-0.4, -0.2) is 5.91 Å². The Labute approximate surface area is 145 Å². The van der Waals surface area contributed by atoms with Crippen molar-refractivity contribution in [3.05, 3.63) is 70.9 Å². The zero-order valence-corrected chi connectivity index (χ0v) is 13.8. The van der Waals surface area contributed by atoms with E-state index >= 15 is 0 Å².